The minimum Gasteiger partial charge on any atom is -0.378 e. The molecule has 0 spiro atoms. The Bertz CT molecular complexity index is 366. The Morgan fingerprint density at radius 3 is 2.75 bits per heavy atom. The van der Waals surface area contributed by atoms with Gasteiger partial charge < -0.3 is 10.2 Å². The molecule has 1 atom stereocenters. The van der Waals surface area contributed by atoms with Crippen LogP contribution in [0.15, 0.2) is 24.3 Å². The third-order valence-electron chi connectivity index (χ3n) is 2.27. The highest BCUT2D eigenvalue weighted by atomic mass is 79.9. The van der Waals surface area contributed by atoms with Crippen molar-refractivity contribution in [3.63, 3.8) is 0 Å². The predicted octanol–water partition coefficient (Wildman–Crippen LogP) is 2.86. The number of hydrogen-bond acceptors (Lipinski definition) is 2. The van der Waals surface area contributed by atoms with E-state index in [0.717, 1.165) is 17.8 Å². The number of nitrogens with one attached hydrogen (secondary N) is 1. The van der Waals surface area contributed by atoms with E-state index in [1.54, 1.807) is 0 Å². The van der Waals surface area contributed by atoms with Crippen LogP contribution in [0.1, 0.15) is 13.3 Å². The summed E-state index contributed by atoms with van der Waals surface area (Å²) in [6.45, 7) is 1.97. The number of rotatable bonds is 4. The molecule has 0 bridgehead atoms. The van der Waals surface area contributed by atoms with Crippen LogP contribution in [-0.4, -0.2) is 24.8 Å². The Hall–Kier alpha value is -1.03. The van der Waals surface area contributed by atoms with Crippen LogP contribution in [0.5, 0.6) is 0 Å². The molecule has 1 N–H and O–H groups in total. The minimum absolute atomic E-state index is 0.00148. The monoisotopic (exact) mass is 284 g/mol. The summed E-state index contributed by atoms with van der Waals surface area (Å²) >= 11 is 3.32. The van der Waals surface area contributed by atoms with E-state index in [1.165, 1.54) is 0 Å². The lowest BCUT2D eigenvalue weighted by molar-refractivity contribution is -0.115. The van der Waals surface area contributed by atoms with Gasteiger partial charge >= 0.3 is 0 Å². The summed E-state index contributed by atoms with van der Waals surface area (Å²) in [5.41, 5.74) is 1.90. The Balaban J connectivity index is 2.74. The van der Waals surface area contributed by atoms with E-state index in [0.29, 0.717) is 0 Å². The van der Waals surface area contributed by atoms with Gasteiger partial charge in [0.15, 0.2) is 0 Å². The van der Waals surface area contributed by atoms with Gasteiger partial charge in [-0.15, -0.1) is 0 Å². The number of benzene rings is 1. The molecule has 1 aromatic carbocycles. The second-order valence-electron chi connectivity index (χ2n) is 3.81. The third kappa shape index (κ3) is 3.52. The first kappa shape index (κ1) is 13.0. The summed E-state index contributed by atoms with van der Waals surface area (Å²) in [7, 11) is 3.94. The number of carbonyl (C=O) groups excluding carboxylic acids is 1. The van der Waals surface area contributed by atoms with Gasteiger partial charge in [-0.05, 0) is 24.6 Å². The van der Waals surface area contributed by atoms with E-state index in [2.05, 4.69) is 21.2 Å². The van der Waals surface area contributed by atoms with Crippen LogP contribution in [-0.2, 0) is 4.79 Å². The lowest BCUT2D eigenvalue weighted by Crippen LogP contribution is -2.22. The van der Waals surface area contributed by atoms with Gasteiger partial charge in [0.2, 0.25) is 5.91 Å². The first-order valence-electron chi connectivity index (χ1n) is 5.27. The summed E-state index contributed by atoms with van der Waals surface area (Å²) in [5, 5.41) is 2.88. The van der Waals surface area contributed by atoms with Gasteiger partial charge in [0.1, 0.15) is 0 Å². The van der Waals surface area contributed by atoms with Crippen molar-refractivity contribution in [1.82, 2.24) is 0 Å². The molecule has 0 heterocycles. The van der Waals surface area contributed by atoms with E-state index >= 15 is 0 Å². The molecule has 16 heavy (non-hydrogen) atoms. The summed E-state index contributed by atoms with van der Waals surface area (Å²) < 4.78 is 0. The zero-order chi connectivity index (χ0) is 12.1. The molecule has 0 saturated heterocycles. The van der Waals surface area contributed by atoms with Crippen molar-refractivity contribution in [2.75, 3.05) is 24.3 Å². The maximum absolute atomic E-state index is 11.7. The van der Waals surface area contributed by atoms with Crippen LogP contribution < -0.4 is 10.2 Å². The molecule has 1 amide bonds. The predicted molar refractivity (Wildman–Crippen MR) is 72.4 cm³/mol. The fourth-order valence-corrected chi connectivity index (χ4v) is 1.38. The van der Waals surface area contributed by atoms with Crippen LogP contribution in [0.4, 0.5) is 11.4 Å². The molecular formula is C12H17BrN2O. The first-order chi connectivity index (χ1) is 7.54. The Morgan fingerprint density at radius 2 is 2.19 bits per heavy atom. The van der Waals surface area contributed by atoms with Crippen LogP contribution in [0, 0.1) is 0 Å². The topological polar surface area (TPSA) is 32.3 Å². The summed E-state index contributed by atoms with van der Waals surface area (Å²) in [6.07, 6.45) is 0.777. The van der Waals surface area contributed by atoms with E-state index in [1.807, 2.05) is 50.2 Å². The molecule has 1 unspecified atom stereocenters. The van der Waals surface area contributed by atoms with Crippen molar-refractivity contribution in [2.24, 2.45) is 0 Å². The fourth-order valence-electron chi connectivity index (χ4n) is 1.27. The lowest BCUT2D eigenvalue weighted by atomic mass is 10.2. The quantitative estimate of drug-likeness (QED) is 0.863. The normalized spacial score (nSPS) is 12.0. The molecule has 1 rings (SSSR count). The zero-order valence-electron chi connectivity index (χ0n) is 9.83. The van der Waals surface area contributed by atoms with E-state index in [-0.39, 0.29) is 10.7 Å². The SMILES string of the molecule is CCC(Br)C(=O)Nc1cccc(N(C)C)c1. The lowest BCUT2D eigenvalue weighted by Gasteiger charge is -2.14. The second-order valence-corrected chi connectivity index (χ2v) is 4.92. The Morgan fingerprint density at radius 1 is 1.50 bits per heavy atom. The summed E-state index contributed by atoms with van der Waals surface area (Å²) in [4.78, 5) is 13.5. The van der Waals surface area contributed by atoms with Gasteiger partial charge in [0, 0.05) is 25.5 Å². The molecule has 0 saturated carbocycles. The maximum atomic E-state index is 11.7. The first-order valence-corrected chi connectivity index (χ1v) is 6.18. The molecule has 0 aliphatic carbocycles. The van der Waals surface area contributed by atoms with E-state index in [9.17, 15) is 4.79 Å². The number of alkyl halides is 1. The molecule has 0 aromatic heterocycles. The van der Waals surface area contributed by atoms with Crippen LogP contribution >= 0.6 is 15.9 Å². The zero-order valence-corrected chi connectivity index (χ0v) is 11.4. The molecule has 88 valence electrons. The highest BCUT2D eigenvalue weighted by Crippen LogP contribution is 2.18. The second kappa shape index (κ2) is 5.89. The molecule has 1 aromatic rings. The largest absolute Gasteiger partial charge is 0.378 e. The fraction of sp³-hybridized carbons (Fsp3) is 0.417. The van der Waals surface area contributed by atoms with Crippen LogP contribution in [0.3, 0.4) is 0 Å². The smallest absolute Gasteiger partial charge is 0.238 e. The third-order valence-corrected chi connectivity index (χ3v) is 3.34. The number of nitrogens with zero attached hydrogens (tertiary/aromatic N) is 1. The van der Waals surface area contributed by atoms with E-state index in [4.69, 9.17) is 0 Å². The van der Waals surface area contributed by atoms with Crippen molar-refractivity contribution < 1.29 is 4.79 Å². The van der Waals surface area contributed by atoms with Gasteiger partial charge in [-0.25, -0.2) is 0 Å². The van der Waals surface area contributed by atoms with Gasteiger partial charge in [0.05, 0.1) is 4.83 Å². The number of anilines is 2. The van der Waals surface area contributed by atoms with Crippen molar-refractivity contribution in [3.8, 4) is 0 Å². The number of carbonyl (C=O) groups is 1. The van der Waals surface area contributed by atoms with E-state index < -0.39 is 0 Å². The number of halogens is 1. The molecule has 0 aliphatic rings. The Kier molecular flexibility index (Phi) is 4.80. The number of hydrogen-bond donors (Lipinski definition) is 1. The van der Waals surface area contributed by atoms with Crippen LogP contribution in [0.2, 0.25) is 0 Å². The molecular weight excluding hydrogens is 268 g/mol. The molecule has 0 fully saturated rings. The van der Waals surface area contributed by atoms with Crippen LogP contribution in [0.25, 0.3) is 0 Å². The Labute approximate surface area is 105 Å². The molecule has 0 radical (unpaired) electrons. The van der Waals surface area contributed by atoms with Gasteiger partial charge in [-0.2, -0.15) is 0 Å². The van der Waals surface area contributed by atoms with Gasteiger partial charge in [-0.3, -0.25) is 4.79 Å². The summed E-state index contributed by atoms with van der Waals surface area (Å²) in [6, 6.07) is 7.77. The van der Waals surface area contributed by atoms with Crippen molar-refractivity contribution in [2.45, 2.75) is 18.2 Å². The highest BCUT2D eigenvalue weighted by molar-refractivity contribution is 9.10. The van der Waals surface area contributed by atoms with Crippen molar-refractivity contribution in [1.29, 1.82) is 0 Å². The summed E-state index contributed by atoms with van der Waals surface area (Å²) in [5.74, 6) is -0.00148. The molecule has 3 nitrogen and oxygen atoms in total. The van der Waals surface area contributed by atoms with Crippen molar-refractivity contribution >= 4 is 33.2 Å². The van der Waals surface area contributed by atoms with Crippen molar-refractivity contribution in [3.05, 3.63) is 24.3 Å². The number of amides is 1. The average Bonchev–Trinajstić information content (AvgIpc) is 2.28. The van der Waals surface area contributed by atoms with Gasteiger partial charge in [-0.1, -0.05) is 28.9 Å². The standard InChI is InChI=1S/C12H17BrN2O/c1-4-11(13)12(16)14-9-6-5-7-10(8-9)15(2)3/h5-8,11H,4H2,1-3H3,(H,14,16). The minimum atomic E-state index is -0.129. The van der Waals surface area contributed by atoms with Gasteiger partial charge in [0.25, 0.3) is 0 Å². The molecule has 4 heteroatoms. The average molecular weight is 285 g/mol. The highest BCUT2D eigenvalue weighted by Gasteiger charge is 2.12. The maximum Gasteiger partial charge on any atom is 0.238 e. The molecule has 0 aliphatic heterocycles.